The van der Waals surface area contributed by atoms with E-state index in [1.807, 2.05) is 47.8 Å². The number of sulfone groups is 1. The third kappa shape index (κ3) is 3.62. The SMILES string of the molecule is O=S(=O)(c1ccc(Cl)cc1)c1nc(-c2cccs2)oc1Nc1ccccc1. The van der Waals surface area contributed by atoms with E-state index in [9.17, 15) is 8.42 Å². The highest BCUT2D eigenvalue weighted by molar-refractivity contribution is 7.91. The number of thiophene rings is 1. The summed E-state index contributed by atoms with van der Waals surface area (Å²) in [4.78, 5) is 5.11. The molecular weight excluding hydrogens is 404 g/mol. The molecule has 0 amide bonds. The van der Waals surface area contributed by atoms with Gasteiger partial charge in [0, 0.05) is 10.7 Å². The zero-order chi connectivity index (χ0) is 18.9. The lowest BCUT2D eigenvalue weighted by Gasteiger charge is -2.06. The van der Waals surface area contributed by atoms with Gasteiger partial charge in [-0.15, -0.1) is 11.3 Å². The van der Waals surface area contributed by atoms with Crippen molar-refractivity contribution in [1.82, 2.24) is 4.98 Å². The van der Waals surface area contributed by atoms with Crippen molar-refractivity contribution in [3.63, 3.8) is 0 Å². The quantitative estimate of drug-likeness (QED) is 0.456. The standard InChI is InChI=1S/C19H13ClN2O3S2/c20-13-8-10-15(11-9-13)27(23,24)19-18(21-14-5-2-1-3-6-14)25-17(22-19)16-7-4-12-26-16/h1-12,21H. The average Bonchev–Trinajstić information content (AvgIpc) is 3.33. The van der Waals surface area contributed by atoms with E-state index in [1.54, 1.807) is 0 Å². The van der Waals surface area contributed by atoms with Crippen LogP contribution in [0.5, 0.6) is 0 Å². The molecule has 2 heterocycles. The van der Waals surface area contributed by atoms with Crippen molar-refractivity contribution in [1.29, 1.82) is 0 Å². The van der Waals surface area contributed by atoms with Gasteiger partial charge in [-0.25, -0.2) is 8.42 Å². The first-order valence-electron chi connectivity index (χ1n) is 7.91. The molecule has 0 bridgehead atoms. The number of hydrogen-bond acceptors (Lipinski definition) is 6. The molecule has 136 valence electrons. The zero-order valence-electron chi connectivity index (χ0n) is 13.8. The minimum Gasteiger partial charge on any atom is -0.418 e. The van der Waals surface area contributed by atoms with E-state index < -0.39 is 9.84 Å². The van der Waals surface area contributed by atoms with Gasteiger partial charge in [0.2, 0.25) is 26.6 Å². The summed E-state index contributed by atoms with van der Waals surface area (Å²) in [5.74, 6) is 0.315. The van der Waals surface area contributed by atoms with Crippen molar-refractivity contribution in [2.45, 2.75) is 9.92 Å². The van der Waals surface area contributed by atoms with Crippen LogP contribution in [0.3, 0.4) is 0 Å². The van der Waals surface area contributed by atoms with Crippen LogP contribution in [0.1, 0.15) is 0 Å². The largest absolute Gasteiger partial charge is 0.418 e. The van der Waals surface area contributed by atoms with E-state index >= 15 is 0 Å². The summed E-state index contributed by atoms with van der Waals surface area (Å²) in [6, 6.07) is 18.8. The van der Waals surface area contributed by atoms with E-state index in [1.165, 1.54) is 35.6 Å². The van der Waals surface area contributed by atoms with Gasteiger partial charge >= 0.3 is 0 Å². The molecule has 0 unspecified atom stereocenters. The Morgan fingerprint density at radius 1 is 0.963 bits per heavy atom. The molecule has 0 spiro atoms. The fourth-order valence-corrected chi connectivity index (χ4v) is 4.48. The summed E-state index contributed by atoms with van der Waals surface area (Å²) >= 11 is 7.29. The van der Waals surface area contributed by atoms with Crippen LogP contribution >= 0.6 is 22.9 Å². The second-order valence-corrected chi connectivity index (χ2v) is 8.83. The van der Waals surface area contributed by atoms with Crippen LogP contribution in [0.4, 0.5) is 11.6 Å². The van der Waals surface area contributed by atoms with Crippen molar-refractivity contribution in [3.8, 4) is 10.8 Å². The highest BCUT2D eigenvalue weighted by Gasteiger charge is 2.29. The molecule has 8 heteroatoms. The molecule has 0 atom stereocenters. The maximum atomic E-state index is 13.1. The molecule has 4 rings (SSSR count). The summed E-state index contributed by atoms with van der Waals surface area (Å²) in [7, 11) is -3.90. The number of hydrogen-bond donors (Lipinski definition) is 1. The van der Waals surface area contributed by atoms with Gasteiger partial charge in [-0.3, -0.25) is 0 Å². The lowest BCUT2D eigenvalue weighted by Crippen LogP contribution is -2.05. The van der Waals surface area contributed by atoms with Crippen LogP contribution in [0.25, 0.3) is 10.8 Å². The Morgan fingerprint density at radius 3 is 2.37 bits per heavy atom. The van der Waals surface area contributed by atoms with E-state index in [0.717, 1.165) is 4.88 Å². The molecule has 0 aliphatic rings. The van der Waals surface area contributed by atoms with E-state index in [0.29, 0.717) is 10.7 Å². The van der Waals surface area contributed by atoms with Crippen molar-refractivity contribution in [2.24, 2.45) is 0 Å². The molecule has 2 aromatic carbocycles. The number of para-hydroxylation sites is 1. The summed E-state index contributed by atoms with van der Waals surface area (Å²) in [5.41, 5.74) is 0.693. The summed E-state index contributed by atoms with van der Waals surface area (Å²) in [6.07, 6.45) is 0. The van der Waals surface area contributed by atoms with Crippen molar-refractivity contribution < 1.29 is 12.8 Å². The first-order valence-corrected chi connectivity index (χ1v) is 10.7. The Kier molecular flexibility index (Phi) is 4.73. The van der Waals surface area contributed by atoms with Crippen LogP contribution in [0, 0.1) is 0 Å². The molecular formula is C19H13ClN2O3S2. The Balaban J connectivity index is 1.83. The Hall–Kier alpha value is -2.61. The molecule has 1 N–H and O–H groups in total. The van der Waals surface area contributed by atoms with Gasteiger partial charge in [-0.1, -0.05) is 35.9 Å². The van der Waals surface area contributed by atoms with E-state index in [-0.39, 0.29) is 21.7 Å². The van der Waals surface area contributed by atoms with E-state index in [4.69, 9.17) is 16.0 Å². The number of benzene rings is 2. The predicted octanol–water partition coefficient (Wildman–Crippen LogP) is 5.63. The molecule has 2 aromatic heterocycles. The second-order valence-electron chi connectivity index (χ2n) is 5.58. The Labute approximate surface area is 165 Å². The summed E-state index contributed by atoms with van der Waals surface area (Å²) in [5, 5.41) is 5.17. The van der Waals surface area contributed by atoms with Gasteiger partial charge in [-0.05, 0) is 47.8 Å². The monoisotopic (exact) mass is 416 g/mol. The Bertz CT molecular complexity index is 1150. The molecule has 4 aromatic rings. The molecule has 0 radical (unpaired) electrons. The molecule has 0 saturated carbocycles. The number of nitrogens with one attached hydrogen (secondary N) is 1. The zero-order valence-corrected chi connectivity index (χ0v) is 16.2. The number of aromatic nitrogens is 1. The van der Waals surface area contributed by atoms with Crippen molar-refractivity contribution in [3.05, 3.63) is 77.1 Å². The van der Waals surface area contributed by atoms with Gasteiger partial charge in [0.1, 0.15) is 0 Å². The maximum absolute atomic E-state index is 13.1. The third-order valence-electron chi connectivity index (χ3n) is 3.74. The van der Waals surface area contributed by atoms with Crippen LogP contribution in [0.2, 0.25) is 5.02 Å². The van der Waals surface area contributed by atoms with Crippen molar-refractivity contribution >= 4 is 44.3 Å². The number of anilines is 2. The lowest BCUT2D eigenvalue weighted by atomic mass is 10.3. The van der Waals surface area contributed by atoms with Crippen LogP contribution in [-0.2, 0) is 9.84 Å². The van der Waals surface area contributed by atoms with Gasteiger partial charge in [-0.2, -0.15) is 4.98 Å². The molecule has 5 nitrogen and oxygen atoms in total. The maximum Gasteiger partial charge on any atom is 0.240 e. The molecule has 0 aliphatic heterocycles. The van der Waals surface area contributed by atoms with Crippen LogP contribution < -0.4 is 5.32 Å². The summed E-state index contributed by atoms with van der Waals surface area (Å²) < 4.78 is 32.1. The number of nitrogens with zero attached hydrogens (tertiary/aromatic N) is 1. The molecule has 0 aliphatic carbocycles. The van der Waals surface area contributed by atoms with Crippen molar-refractivity contribution in [2.75, 3.05) is 5.32 Å². The van der Waals surface area contributed by atoms with Gasteiger partial charge in [0.25, 0.3) is 0 Å². The fraction of sp³-hybridized carbons (Fsp3) is 0. The van der Waals surface area contributed by atoms with Gasteiger partial charge in [0.05, 0.1) is 9.77 Å². The minimum atomic E-state index is -3.90. The van der Waals surface area contributed by atoms with Gasteiger partial charge in [0.15, 0.2) is 0 Å². The number of halogens is 1. The lowest BCUT2D eigenvalue weighted by molar-refractivity contribution is 0.582. The molecule has 0 saturated heterocycles. The second kappa shape index (κ2) is 7.19. The van der Waals surface area contributed by atoms with Crippen LogP contribution in [0.15, 0.2) is 86.4 Å². The predicted molar refractivity (Wildman–Crippen MR) is 106 cm³/mol. The first-order chi connectivity index (χ1) is 13.0. The summed E-state index contributed by atoms with van der Waals surface area (Å²) in [6.45, 7) is 0. The normalized spacial score (nSPS) is 11.4. The molecule has 27 heavy (non-hydrogen) atoms. The highest BCUT2D eigenvalue weighted by atomic mass is 35.5. The highest BCUT2D eigenvalue weighted by Crippen LogP contribution is 2.35. The topological polar surface area (TPSA) is 72.2 Å². The number of oxazole rings is 1. The van der Waals surface area contributed by atoms with Crippen LogP contribution in [-0.4, -0.2) is 13.4 Å². The number of rotatable bonds is 5. The smallest absolute Gasteiger partial charge is 0.240 e. The Morgan fingerprint density at radius 2 is 1.70 bits per heavy atom. The molecule has 0 fully saturated rings. The average molecular weight is 417 g/mol. The minimum absolute atomic E-state index is 0.0690. The van der Waals surface area contributed by atoms with Gasteiger partial charge < -0.3 is 9.73 Å². The first kappa shape index (κ1) is 17.8. The third-order valence-corrected chi connectivity index (χ3v) is 6.53. The fourth-order valence-electron chi connectivity index (χ4n) is 2.45. The van der Waals surface area contributed by atoms with E-state index in [2.05, 4.69) is 10.3 Å².